The maximum Gasteiger partial charge on any atom is -0.0195 e. The molecular formula is C13H31N. The van der Waals surface area contributed by atoms with Gasteiger partial charge in [0.2, 0.25) is 0 Å². The first-order valence-electron chi connectivity index (χ1n) is 6.26. The predicted octanol–water partition coefficient (Wildman–Crippen LogP) is 4.07. The van der Waals surface area contributed by atoms with E-state index in [9.17, 15) is 0 Å². The van der Waals surface area contributed by atoms with Crippen LogP contribution < -0.4 is 5.73 Å². The third kappa shape index (κ3) is 8.55. The molecule has 0 bridgehead atoms. The third-order valence-corrected chi connectivity index (χ3v) is 2.76. The molecule has 1 nitrogen and oxygen atoms in total. The SMILES string of the molecule is CC.CC1CCC(C)CC(C)C1.CN. The van der Waals surface area contributed by atoms with Gasteiger partial charge in [-0.15, -0.1) is 0 Å². The number of hydrogen-bond donors (Lipinski definition) is 1. The van der Waals surface area contributed by atoms with Crippen LogP contribution in [0.3, 0.4) is 0 Å². The molecule has 0 aromatic carbocycles. The topological polar surface area (TPSA) is 26.0 Å². The lowest BCUT2D eigenvalue weighted by molar-refractivity contribution is 0.404. The quantitative estimate of drug-likeness (QED) is 0.587. The van der Waals surface area contributed by atoms with E-state index in [0.717, 1.165) is 17.8 Å². The summed E-state index contributed by atoms with van der Waals surface area (Å²) in [5.41, 5.74) is 4.50. The van der Waals surface area contributed by atoms with Crippen LogP contribution in [0.5, 0.6) is 0 Å². The summed E-state index contributed by atoms with van der Waals surface area (Å²) in [6, 6.07) is 0. The lowest BCUT2D eigenvalue weighted by atomic mass is 9.95. The van der Waals surface area contributed by atoms with Crippen LogP contribution in [0, 0.1) is 17.8 Å². The van der Waals surface area contributed by atoms with E-state index in [1.165, 1.54) is 32.7 Å². The zero-order chi connectivity index (χ0) is 11.6. The van der Waals surface area contributed by atoms with Crippen molar-refractivity contribution in [1.29, 1.82) is 0 Å². The van der Waals surface area contributed by atoms with Crippen molar-refractivity contribution >= 4 is 0 Å². The fourth-order valence-electron chi connectivity index (χ4n) is 2.27. The van der Waals surface area contributed by atoms with Gasteiger partial charge in [0.1, 0.15) is 0 Å². The number of nitrogens with two attached hydrogens (primary N) is 1. The second-order valence-electron chi connectivity index (χ2n) is 4.36. The summed E-state index contributed by atoms with van der Waals surface area (Å²) in [7, 11) is 1.50. The largest absolute Gasteiger partial charge is 0.333 e. The normalized spacial score (nSPS) is 31.5. The molecule has 0 radical (unpaired) electrons. The fourth-order valence-corrected chi connectivity index (χ4v) is 2.27. The first-order valence-corrected chi connectivity index (χ1v) is 6.26. The van der Waals surface area contributed by atoms with Crippen molar-refractivity contribution in [1.82, 2.24) is 0 Å². The molecule has 0 amide bonds. The Hall–Kier alpha value is -0.0400. The van der Waals surface area contributed by atoms with Gasteiger partial charge in [-0.25, -0.2) is 0 Å². The Morgan fingerprint density at radius 2 is 1.00 bits per heavy atom. The van der Waals surface area contributed by atoms with E-state index >= 15 is 0 Å². The molecule has 1 heteroatoms. The van der Waals surface area contributed by atoms with Gasteiger partial charge in [0, 0.05) is 0 Å². The smallest absolute Gasteiger partial charge is 0.0195 e. The maximum absolute atomic E-state index is 4.50. The summed E-state index contributed by atoms with van der Waals surface area (Å²) in [5, 5.41) is 0. The van der Waals surface area contributed by atoms with Gasteiger partial charge in [-0.3, -0.25) is 0 Å². The monoisotopic (exact) mass is 201 g/mol. The van der Waals surface area contributed by atoms with Crippen LogP contribution in [0.25, 0.3) is 0 Å². The first kappa shape index (κ1) is 16.4. The van der Waals surface area contributed by atoms with Crippen LogP contribution in [0.2, 0.25) is 0 Å². The van der Waals surface area contributed by atoms with Gasteiger partial charge in [-0.2, -0.15) is 0 Å². The third-order valence-electron chi connectivity index (χ3n) is 2.76. The van der Waals surface area contributed by atoms with Crippen LogP contribution in [0.1, 0.15) is 60.3 Å². The molecule has 2 atom stereocenters. The van der Waals surface area contributed by atoms with Gasteiger partial charge in [-0.05, 0) is 37.6 Å². The van der Waals surface area contributed by atoms with Crippen molar-refractivity contribution in [3.05, 3.63) is 0 Å². The second kappa shape index (κ2) is 11.0. The predicted molar refractivity (Wildman–Crippen MR) is 67.4 cm³/mol. The van der Waals surface area contributed by atoms with Crippen molar-refractivity contribution < 1.29 is 0 Å². The summed E-state index contributed by atoms with van der Waals surface area (Å²) >= 11 is 0. The fraction of sp³-hybridized carbons (Fsp3) is 1.00. The average molecular weight is 201 g/mol. The highest BCUT2D eigenvalue weighted by molar-refractivity contribution is 4.69. The van der Waals surface area contributed by atoms with Crippen molar-refractivity contribution in [2.24, 2.45) is 23.5 Å². The van der Waals surface area contributed by atoms with E-state index in [1.807, 2.05) is 13.8 Å². The molecular weight excluding hydrogens is 170 g/mol. The molecule has 2 unspecified atom stereocenters. The van der Waals surface area contributed by atoms with Crippen LogP contribution in [0.4, 0.5) is 0 Å². The summed E-state index contributed by atoms with van der Waals surface area (Å²) < 4.78 is 0. The molecule has 0 spiro atoms. The summed E-state index contributed by atoms with van der Waals surface area (Å²) in [5.74, 6) is 2.95. The molecule has 0 aromatic rings. The van der Waals surface area contributed by atoms with Crippen LogP contribution in [-0.4, -0.2) is 7.05 Å². The Balaban J connectivity index is 0. The lowest BCUT2D eigenvalue weighted by Crippen LogP contribution is -1.99. The molecule has 0 aliphatic heterocycles. The van der Waals surface area contributed by atoms with Gasteiger partial charge in [0.15, 0.2) is 0 Å². The zero-order valence-corrected chi connectivity index (χ0v) is 11.1. The minimum atomic E-state index is 0.979. The van der Waals surface area contributed by atoms with Gasteiger partial charge in [0.05, 0.1) is 0 Å². The standard InChI is InChI=1S/C10H20.C2H6.CH5N/c1-8-4-5-9(2)7-10(3)6-8;2*1-2/h8-10H,4-7H2,1-3H3;1-2H3;2H2,1H3. The molecule has 0 saturated heterocycles. The highest BCUT2D eigenvalue weighted by Gasteiger charge is 2.17. The number of hydrogen-bond acceptors (Lipinski definition) is 1. The second-order valence-corrected chi connectivity index (χ2v) is 4.36. The van der Waals surface area contributed by atoms with E-state index < -0.39 is 0 Å². The van der Waals surface area contributed by atoms with Crippen LogP contribution in [0.15, 0.2) is 0 Å². The highest BCUT2D eigenvalue weighted by atomic mass is 14.4. The molecule has 0 heterocycles. The van der Waals surface area contributed by atoms with Crippen molar-refractivity contribution in [2.75, 3.05) is 7.05 Å². The molecule has 1 rings (SSSR count). The van der Waals surface area contributed by atoms with Crippen molar-refractivity contribution in [3.8, 4) is 0 Å². The molecule has 0 aromatic heterocycles. The molecule has 88 valence electrons. The van der Waals surface area contributed by atoms with Gasteiger partial charge in [-0.1, -0.05) is 47.5 Å². The Bertz CT molecular complexity index is 89.4. The molecule has 1 saturated carbocycles. The maximum atomic E-state index is 4.50. The Morgan fingerprint density at radius 1 is 0.714 bits per heavy atom. The average Bonchev–Trinajstić information content (AvgIpc) is 2.34. The molecule has 2 N–H and O–H groups in total. The lowest BCUT2D eigenvalue weighted by Gasteiger charge is -2.11. The van der Waals surface area contributed by atoms with Gasteiger partial charge >= 0.3 is 0 Å². The van der Waals surface area contributed by atoms with Gasteiger partial charge < -0.3 is 5.73 Å². The Labute approximate surface area is 91.5 Å². The summed E-state index contributed by atoms with van der Waals surface area (Å²) in [6.45, 7) is 11.2. The Morgan fingerprint density at radius 3 is 1.29 bits per heavy atom. The van der Waals surface area contributed by atoms with Crippen LogP contribution >= 0.6 is 0 Å². The minimum absolute atomic E-state index is 0.979. The van der Waals surface area contributed by atoms with Crippen molar-refractivity contribution in [3.63, 3.8) is 0 Å². The van der Waals surface area contributed by atoms with Crippen LogP contribution in [-0.2, 0) is 0 Å². The molecule has 1 aliphatic carbocycles. The van der Waals surface area contributed by atoms with E-state index in [0.29, 0.717) is 0 Å². The molecule has 1 aliphatic rings. The van der Waals surface area contributed by atoms with E-state index in [4.69, 9.17) is 0 Å². The summed E-state index contributed by atoms with van der Waals surface area (Å²) in [4.78, 5) is 0. The van der Waals surface area contributed by atoms with E-state index in [1.54, 1.807) is 0 Å². The van der Waals surface area contributed by atoms with Gasteiger partial charge in [0.25, 0.3) is 0 Å². The minimum Gasteiger partial charge on any atom is -0.333 e. The Kier molecular flexibility index (Phi) is 12.9. The molecule has 14 heavy (non-hydrogen) atoms. The zero-order valence-electron chi connectivity index (χ0n) is 11.1. The number of rotatable bonds is 0. The summed E-state index contributed by atoms with van der Waals surface area (Å²) in [6.07, 6.45) is 5.85. The van der Waals surface area contributed by atoms with E-state index in [2.05, 4.69) is 26.5 Å². The van der Waals surface area contributed by atoms with Crippen molar-refractivity contribution in [2.45, 2.75) is 60.3 Å². The van der Waals surface area contributed by atoms with E-state index in [-0.39, 0.29) is 0 Å². The highest BCUT2D eigenvalue weighted by Crippen LogP contribution is 2.30. The molecule has 1 fully saturated rings. The first-order chi connectivity index (χ1) is 6.68.